The molecule has 1 unspecified atom stereocenters. The van der Waals surface area contributed by atoms with Crippen molar-refractivity contribution in [1.82, 2.24) is 15.3 Å². The van der Waals surface area contributed by atoms with Gasteiger partial charge in [-0.25, -0.2) is 4.79 Å². The van der Waals surface area contributed by atoms with Gasteiger partial charge >= 0.3 is 17.8 Å². The van der Waals surface area contributed by atoms with Gasteiger partial charge in [0.05, 0.1) is 11.0 Å². The van der Waals surface area contributed by atoms with Crippen LogP contribution in [0.3, 0.4) is 0 Å². The summed E-state index contributed by atoms with van der Waals surface area (Å²) < 4.78 is 64.9. The van der Waals surface area contributed by atoms with E-state index in [9.17, 15) is 26.7 Å². The molecule has 2 rings (SSSR count). The van der Waals surface area contributed by atoms with Crippen LogP contribution in [0.2, 0.25) is 0 Å². The molecule has 0 radical (unpaired) electrons. The number of hydrogen-bond acceptors (Lipinski definition) is 2. The third-order valence-corrected chi connectivity index (χ3v) is 3.02. The quantitative estimate of drug-likeness (QED) is 0.761. The van der Waals surface area contributed by atoms with Crippen molar-refractivity contribution >= 4 is 11.0 Å². The maximum absolute atomic E-state index is 13.6. The first kappa shape index (κ1) is 15.5. The van der Waals surface area contributed by atoms with E-state index in [-0.39, 0.29) is 17.6 Å². The molecule has 1 atom stereocenters. The summed E-state index contributed by atoms with van der Waals surface area (Å²) in [5.74, 6) is -4.94. The molecule has 0 spiro atoms. The number of aromatic amines is 2. The van der Waals surface area contributed by atoms with E-state index in [0.29, 0.717) is 5.52 Å². The molecule has 4 nitrogen and oxygen atoms in total. The summed E-state index contributed by atoms with van der Waals surface area (Å²) in [6.07, 6.45) is -5.68. The second-order valence-corrected chi connectivity index (χ2v) is 4.50. The van der Waals surface area contributed by atoms with E-state index in [1.165, 1.54) is 13.0 Å². The monoisotopic (exact) mass is 309 g/mol. The van der Waals surface area contributed by atoms with Crippen molar-refractivity contribution in [2.75, 3.05) is 6.54 Å². The predicted octanol–water partition coefficient (Wildman–Crippen LogP) is 2.70. The Morgan fingerprint density at radius 2 is 1.76 bits per heavy atom. The largest absolute Gasteiger partial charge is 0.455 e. The molecule has 1 heterocycles. The minimum absolute atomic E-state index is 0.0714. The van der Waals surface area contributed by atoms with Crippen molar-refractivity contribution < 1.29 is 22.0 Å². The normalized spacial score (nSPS) is 14.6. The van der Waals surface area contributed by atoms with Crippen LogP contribution >= 0.6 is 0 Å². The number of imidazole rings is 1. The van der Waals surface area contributed by atoms with Crippen LogP contribution in [0.1, 0.15) is 18.5 Å². The number of H-pyrrole nitrogens is 2. The number of alkyl halides is 5. The molecule has 0 bridgehead atoms. The maximum atomic E-state index is 13.6. The van der Waals surface area contributed by atoms with Crippen molar-refractivity contribution in [3.63, 3.8) is 0 Å². The van der Waals surface area contributed by atoms with Crippen LogP contribution in [0.4, 0.5) is 22.0 Å². The van der Waals surface area contributed by atoms with E-state index in [4.69, 9.17) is 0 Å². The Morgan fingerprint density at radius 1 is 1.14 bits per heavy atom. The Balaban J connectivity index is 2.51. The van der Waals surface area contributed by atoms with E-state index >= 15 is 0 Å². The molecular weight excluding hydrogens is 297 g/mol. The predicted molar refractivity (Wildman–Crippen MR) is 66.3 cm³/mol. The Morgan fingerprint density at radius 3 is 2.33 bits per heavy atom. The molecule has 0 saturated heterocycles. The molecule has 0 amide bonds. The summed E-state index contributed by atoms with van der Waals surface area (Å²) in [6.45, 7) is 1.36. The van der Waals surface area contributed by atoms with Gasteiger partial charge in [-0.05, 0) is 24.2 Å². The molecule has 3 N–H and O–H groups in total. The molecule has 0 aliphatic heterocycles. The van der Waals surface area contributed by atoms with Crippen molar-refractivity contribution in [2.45, 2.75) is 25.1 Å². The number of aromatic nitrogens is 2. The first-order valence-electron chi connectivity index (χ1n) is 6.06. The highest BCUT2D eigenvalue weighted by atomic mass is 19.4. The number of hydrogen-bond donors (Lipinski definition) is 3. The lowest BCUT2D eigenvalue weighted by atomic mass is 9.99. The fraction of sp³-hybridized carbons (Fsp3) is 0.417. The van der Waals surface area contributed by atoms with E-state index in [1.54, 1.807) is 0 Å². The molecule has 0 aliphatic rings. The summed E-state index contributed by atoms with van der Waals surface area (Å²) in [5, 5.41) is 2.15. The van der Waals surface area contributed by atoms with Crippen LogP contribution < -0.4 is 11.0 Å². The number of fused-ring (bicyclic) bond motifs is 1. The third kappa shape index (κ3) is 2.78. The molecule has 9 heteroatoms. The van der Waals surface area contributed by atoms with E-state index in [2.05, 4.69) is 15.3 Å². The average molecular weight is 309 g/mol. The molecular formula is C12H12F5N3O. The van der Waals surface area contributed by atoms with E-state index < -0.39 is 23.8 Å². The Bertz CT molecular complexity index is 688. The van der Waals surface area contributed by atoms with Crippen LogP contribution in [0, 0.1) is 0 Å². The van der Waals surface area contributed by atoms with E-state index in [0.717, 1.165) is 12.1 Å². The second-order valence-electron chi connectivity index (χ2n) is 4.50. The molecule has 21 heavy (non-hydrogen) atoms. The highest BCUT2D eigenvalue weighted by Gasteiger charge is 2.62. The lowest BCUT2D eigenvalue weighted by Gasteiger charge is -2.29. The van der Waals surface area contributed by atoms with Crippen molar-refractivity contribution in [1.29, 1.82) is 0 Å². The number of benzene rings is 1. The highest BCUT2D eigenvalue weighted by Crippen LogP contribution is 2.44. The lowest BCUT2D eigenvalue weighted by molar-refractivity contribution is -0.294. The molecule has 1 aromatic heterocycles. The summed E-state index contributed by atoms with van der Waals surface area (Å²) in [5.41, 5.74) is -0.334. The minimum Gasteiger partial charge on any atom is -0.306 e. The van der Waals surface area contributed by atoms with Crippen molar-refractivity contribution in [3.8, 4) is 0 Å². The standard InChI is InChI=1S/C12H12F5N3O/c1-2-18-9(11(13,14)12(15,16)17)6-3-4-7-8(5-6)20-10(21)19-7/h3-5,9,18H,2H2,1H3,(H2,19,20,21). The fourth-order valence-corrected chi connectivity index (χ4v) is 2.05. The zero-order valence-corrected chi connectivity index (χ0v) is 10.8. The van der Waals surface area contributed by atoms with Crippen molar-refractivity contribution in [3.05, 3.63) is 34.2 Å². The first-order valence-corrected chi connectivity index (χ1v) is 6.06. The van der Waals surface area contributed by atoms with Crippen LogP contribution in [0.15, 0.2) is 23.0 Å². The summed E-state index contributed by atoms with van der Waals surface area (Å²) >= 11 is 0. The second kappa shape index (κ2) is 5.14. The minimum atomic E-state index is -5.68. The fourth-order valence-electron chi connectivity index (χ4n) is 2.05. The summed E-state index contributed by atoms with van der Waals surface area (Å²) in [4.78, 5) is 15.8. The summed E-state index contributed by atoms with van der Waals surface area (Å²) in [6, 6.07) is 1.27. The molecule has 0 fully saturated rings. The van der Waals surface area contributed by atoms with Gasteiger partial charge in [0.1, 0.15) is 6.04 Å². The maximum Gasteiger partial charge on any atom is 0.455 e. The Kier molecular flexibility index (Phi) is 3.79. The lowest BCUT2D eigenvalue weighted by Crippen LogP contribution is -2.48. The topological polar surface area (TPSA) is 60.7 Å². The summed E-state index contributed by atoms with van der Waals surface area (Å²) in [7, 11) is 0. The van der Waals surface area contributed by atoms with Gasteiger partial charge in [0.15, 0.2) is 0 Å². The van der Waals surface area contributed by atoms with Crippen LogP contribution in [-0.4, -0.2) is 28.6 Å². The van der Waals surface area contributed by atoms with Gasteiger partial charge in [0.2, 0.25) is 0 Å². The first-order chi connectivity index (χ1) is 9.66. The number of nitrogens with one attached hydrogen (secondary N) is 3. The smallest absolute Gasteiger partial charge is 0.306 e. The van der Waals surface area contributed by atoms with Gasteiger partial charge in [-0.3, -0.25) is 0 Å². The SMILES string of the molecule is CCNC(c1ccc2[nH]c(=O)[nH]c2c1)C(F)(F)C(F)(F)F. The zero-order chi connectivity index (χ0) is 15.8. The average Bonchev–Trinajstić information content (AvgIpc) is 2.73. The Hall–Kier alpha value is -1.90. The Labute approximate surface area is 115 Å². The molecule has 1 aromatic carbocycles. The van der Waals surface area contributed by atoms with Crippen molar-refractivity contribution in [2.24, 2.45) is 0 Å². The molecule has 0 saturated carbocycles. The van der Waals surface area contributed by atoms with Gasteiger partial charge in [0, 0.05) is 0 Å². The highest BCUT2D eigenvalue weighted by molar-refractivity contribution is 5.75. The van der Waals surface area contributed by atoms with Gasteiger partial charge in [-0.1, -0.05) is 13.0 Å². The molecule has 0 aliphatic carbocycles. The van der Waals surface area contributed by atoms with Gasteiger partial charge < -0.3 is 15.3 Å². The van der Waals surface area contributed by atoms with Crippen LogP contribution in [0.25, 0.3) is 11.0 Å². The van der Waals surface area contributed by atoms with Crippen LogP contribution in [0.5, 0.6) is 0 Å². The van der Waals surface area contributed by atoms with Gasteiger partial charge in [-0.2, -0.15) is 22.0 Å². The van der Waals surface area contributed by atoms with Gasteiger partial charge in [0.25, 0.3) is 0 Å². The molecule has 2 aromatic rings. The molecule has 116 valence electrons. The van der Waals surface area contributed by atoms with E-state index in [1.807, 2.05) is 0 Å². The number of rotatable bonds is 4. The van der Waals surface area contributed by atoms with Gasteiger partial charge in [-0.15, -0.1) is 0 Å². The van der Waals surface area contributed by atoms with Crippen LogP contribution in [-0.2, 0) is 0 Å². The number of halogens is 5. The zero-order valence-electron chi connectivity index (χ0n) is 10.8. The third-order valence-electron chi connectivity index (χ3n) is 3.02.